The second-order valence-corrected chi connectivity index (χ2v) is 4.76. The Hall–Kier alpha value is -1.62. The van der Waals surface area contributed by atoms with Crippen molar-refractivity contribution in [2.75, 3.05) is 0 Å². The van der Waals surface area contributed by atoms with Crippen LogP contribution < -0.4 is 5.73 Å². The van der Waals surface area contributed by atoms with E-state index in [9.17, 15) is 0 Å². The van der Waals surface area contributed by atoms with Gasteiger partial charge in [0.2, 0.25) is 0 Å². The summed E-state index contributed by atoms with van der Waals surface area (Å²) in [5.41, 5.74) is 8.15. The molecule has 0 spiro atoms. The van der Waals surface area contributed by atoms with Crippen molar-refractivity contribution in [1.82, 2.24) is 19.3 Å². The molecule has 2 rings (SSSR count). The lowest BCUT2D eigenvalue weighted by Gasteiger charge is -2.09. The second kappa shape index (κ2) is 5.35. The molecular formula is C13H21N5. The highest BCUT2D eigenvalue weighted by Crippen LogP contribution is 2.09. The molecule has 0 fully saturated rings. The van der Waals surface area contributed by atoms with Gasteiger partial charge in [-0.15, -0.1) is 0 Å². The van der Waals surface area contributed by atoms with E-state index in [1.165, 1.54) is 5.69 Å². The van der Waals surface area contributed by atoms with Gasteiger partial charge in [0.25, 0.3) is 0 Å². The van der Waals surface area contributed by atoms with Crippen molar-refractivity contribution in [2.45, 2.75) is 39.3 Å². The predicted octanol–water partition coefficient (Wildman–Crippen LogP) is 1.12. The molecule has 0 radical (unpaired) electrons. The largest absolute Gasteiger partial charge is 0.329 e. The van der Waals surface area contributed by atoms with Gasteiger partial charge in [-0.25, -0.2) is 4.98 Å². The van der Waals surface area contributed by atoms with E-state index >= 15 is 0 Å². The summed E-state index contributed by atoms with van der Waals surface area (Å²) in [5.74, 6) is 1.03. The molecule has 2 aromatic rings. The lowest BCUT2D eigenvalue weighted by molar-refractivity contribution is 0.615. The van der Waals surface area contributed by atoms with Gasteiger partial charge in [-0.2, -0.15) is 5.10 Å². The summed E-state index contributed by atoms with van der Waals surface area (Å²) in [5, 5.41) is 4.46. The molecule has 1 unspecified atom stereocenters. The maximum absolute atomic E-state index is 5.83. The second-order valence-electron chi connectivity index (χ2n) is 4.76. The van der Waals surface area contributed by atoms with Crippen LogP contribution >= 0.6 is 0 Å². The molecule has 2 aromatic heterocycles. The average molecular weight is 247 g/mol. The topological polar surface area (TPSA) is 61.7 Å². The Balaban J connectivity index is 2.18. The fourth-order valence-electron chi connectivity index (χ4n) is 2.03. The van der Waals surface area contributed by atoms with Crippen molar-refractivity contribution in [3.8, 4) is 0 Å². The molecule has 2 N–H and O–H groups in total. The smallest absolute Gasteiger partial charge is 0.110 e. The van der Waals surface area contributed by atoms with Crippen molar-refractivity contribution in [3.63, 3.8) is 0 Å². The number of hydrogen-bond donors (Lipinski definition) is 1. The molecule has 0 saturated heterocycles. The third kappa shape index (κ3) is 2.79. The minimum absolute atomic E-state index is 0.129. The van der Waals surface area contributed by atoms with E-state index in [0.29, 0.717) is 0 Å². The van der Waals surface area contributed by atoms with E-state index in [4.69, 9.17) is 5.73 Å². The molecule has 0 bridgehead atoms. The molecule has 0 aliphatic heterocycles. The van der Waals surface area contributed by atoms with Crippen LogP contribution in [-0.4, -0.2) is 25.4 Å². The zero-order valence-electron chi connectivity index (χ0n) is 11.3. The third-order valence-electron chi connectivity index (χ3n) is 3.03. The van der Waals surface area contributed by atoms with Gasteiger partial charge in [0, 0.05) is 31.9 Å². The first-order chi connectivity index (χ1) is 8.60. The highest BCUT2D eigenvalue weighted by Gasteiger charge is 2.09. The molecule has 0 amide bonds. The summed E-state index contributed by atoms with van der Waals surface area (Å²) in [6.07, 6.45) is 5.58. The highest BCUT2D eigenvalue weighted by atomic mass is 15.3. The van der Waals surface area contributed by atoms with Crippen molar-refractivity contribution >= 4 is 0 Å². The lowest BCUT2D eigenvalue weighted by Crippen LogP contribution is -2.21. The van der Waals surface area contributed by atoms with Gasteiger partial charge >= 0.3 is 0 Å². The Kier molecular flexibility index (Phi) is 3.81. The van der Waals surface area contributed by atoms with Crippen LogP contribution in [0.2, 0.25) is 0 Å². The van der Waals surface area contributed by atoms with Crippen LogP contribution in [0.15, 0.2) is 18.5 Å². The van der Waals surface area contributed by atoms with Crippen molar-refractivity contribution in [1.29, 1.82) is 0 Å². The number of imidazole rings is 1. The van der Waals surface area contributed by atoms with Crippen molar-refractivity contribution in [2.24, 2.45) is 12.8 Å². The number of hydrogen-bond acceptors (Lipinski definition) is 3. The summed E-state index contributed by atoms with van der Waals surface area (Å²) in [6, 6.07) is 2.28. The van der Waals surface area contributed by atoms with Gasteiger partial charge in [-0.1, -0.05) is 6.92 Å². The van der Waals surface area contributed by atoms with E-state index in [-0.39, 0.29) is 6.04 Å². The first-order valence-corrected chi connectivity index (χ1v) is 6.37. The molecule has 2 heterocycles. The van der Waals surface area contributed by atoms with E-state index < -0.39 is 0 Å². The van der Waals surface area contributed by atoms with Crippen LogP contribution in [-0.2, 0) is 26.4 Å². The monoisotopic (exact) mass is 247 g/mol. The van der Waals surface area contributed by atoms with E-state index in [1.807, 2.05) is 31.0 Å². The molecule has 0 saturated carbocycles. The molecule has 18 heavy (non-hydrogen) atoms. The molecule has 5 heteroatoms. The Bertz CT molecular complexity index is 509. The molecule has 1 atom stereocenters. The van der Waals surface area contributed by atoms with Crippen LogP contribution in [0, 0.1) is 0 Å². The third-order valence-corrected chi connectivity index (χ3v) is 3.03. The number of rotatable bonds is 5. The van der Waals surface area contributed by atoms with Gasteiger partial charge < -0.3 is 10.3 Å². The average Bonchev–Trinajstić information content (AvgIpc) is 2.87. The number of aryl methyl sites for hydroxylation is 2. The van der Waals surface area contributed by atoms with Crippen LogP contribution in [0.4, 0.5) is 0 Å². The minimum atomic E-state index is 0.129. The Labute approximate surface area is 108 Å². The SMILES string of the molecule is CCc1cc(Cn2ccnc2CC(C)N)n(C)n1. The highest BCUT2D eigenvalue weighted by molar-refractivity contribution is 5.12. The quantitative estimate of drug-likeness (QED) is 0.861. The zero-order chi connectivity index (χ0) is 13.1. The van der Waals surface area contributed by atoms with E-state index in [2.05, 4.69) is 27.6 Å². The van der Waals surface area contributed by atoms with Gasteiger partial charge in [0.15, 0.2) is 0 Å². The van der Waals surface area contributed by atoms with Crippen molar-refractivity contribution < 1.29 is 0 Å². The molecule has 0 aliphatic carbocycles. The Morgan fingerprint density at radius 1 is 1.44 bits per heavy atom. The van der Waals surface area contributed by atoms with Gasteiger partial charge in [-0.05, 0) is 19.4 Å². The minimum Gasteiger partial charge on any atom is -0.329 e. The first kappa shape index (κ1) is 12.8. The first-order valence-electron chi connectivity index (χ1n) is 6.37. The fourth-order valence-corrected chi connectivity index (χ4v) is 2.03. The van der Waals surface area contributed by atoms with Gasteiger partial charge in [0.05, 0.1) is 17.9 Å². The lowest BCUT2D eigenvalue weighted by atomic mass is 10.2. The summed E-state index contributed by atoms with van der Waals surface area (Å²) >= 11 is 0. The Morgan fingerprint density at radius 3 is 2.83 bits per heavy atom. The van der Waals surface area contributed by atoms with Gasteiger partial charge in [-0.3, -0.25) is 4.68 Å². The van der Waals surface area contributed by atoms with E-state index in [1.54, 1.807) is 0 Å². The molecular weight excluding hydrogens is 226 g/mol. The van der Waals surface area contributed by atoms with Crippen LogP contribution in [0.3, 0.4) is 0 Å². The summed E-state index contributed by atoms with van der Waals surface area (Å²) in [4.78, 5) is 4.36. The molecule has 5 nitrogen and oxygen atoms in total. The van der Waals surface area contributed by atoms with Crippen LogP contribution in [0.5, 0.6) is 0 Å². The Morgan fingerprint density at radius 2 is 2.22 bits per heavy atom. The summed E-state index contributed by atoms with van der Waals surface area (Å²) < 4.78 is 4.08. The maximum Gasteiger partial charge on any atom is 0.110 e. The molecule has 0 aromatic carbocycles. The normalized spacial score (nSPS) is 12.9. The summed E-state index contributed by atoms with van der Waals surface area (Å²) in [7, 11) is 1.98. The van der Waals surface area contributed by atoms with Crippen LogP contribution in [0.25, 0.3) is 0 Å². The van der Waals surface area contributed by atoms with E-state index in [0.717, 1.165) is 30.9 Å². The predicted molar refractivity (Wildman–Crippen MR) is 71.3 cm³/mol. The number of aromatic nitrogens is 4. The zero-order valence-corrected chi connectivity index (χ0v) is 11.3. The van der Waals surface area contributed by atoms with Gasteiger partial charge in [0.1, 0.15) is 5.82 Å². The van der Waals surface area contributed by atoms with Crippen LogP contribution in [0.1, 0.15) is 31.1 Å². The standard InChI is InChI=1S/C13H21N5/c1-4-11-8-12(17(3)16-11)9-18-6-5-15-13(18)7-10(2)14/h5-6,8,10H,4,7,9,14H2,1-3H3. The summed E-state index contributed by atoms with van der Waals surface area (Å²) in [6.45, 7) is 4.91. The molecule has 0 aliphatic rings. The number of nitrogens with zero attached hydrogens (tertiary/aromatic N) is 4. The fraction of sp³-hybridized carbons (Fsp3) is 0.538. The molecule has 98 valence electrons. The number of nitrogens with two attached hydrogens (primary N) is 1. The maximum atomic E-state index is 5.83. The van der Waals surface area contributed by atoms with Crippen molar-refractivity contribution in [3.05, 3.63) is 35.7 Å².